The lowest BCUT2D eigenvalue weighted by Gasteiger charge is -2.25. The number of rotatable bonds is 3. The van der Waals surface area contributed by atoms with E-state index in [4.69, 9.17) is 4.74 Å². The lowest BCUT2D eigenvalue weighted by molar-refractivity contribution is 0.0734. The van der Waals surface area contributed by atoms with Crippen LogP contribution in [0, 0.1) is 6.92 Å². The van der Waals surface area contributed by atoms with Gasteiger partial charge in [0, 0.05) is 19.2 Å². The molecule has 130 valence electrons. The highest BCUT2D eigenvalue weighted by Gasteiger charge is 2.35. The van der Waals surface area contributed by atoms with E-state index < -0.39 is 0 Å². The predicted molar refractivity (Wildman–Crippen MR) is 91.4 cm³/mol. The summed E-state index contributed by atoms with van der Waals surface area (Å²) in [5, 5.41) is 15.1. The Bertz CT molecular complexity index is 944. The Morgan fingerprint density at radius 3 is 2.92 bits per heavy atom. The SMILES string of the molecule is COc1c(C2CCCN2C(=O)c2ccc3n[nH]nc3c2)c(C)nn1C. The third-order valence-corrected chi connectivity index (χ3v) is 4.82. The number of aromatic amines is 1. The van der Waals surface area contributed by atoms with Gasteiger partial charge in [-0.05, 0) is 38.0 Å². The minimum Gasteiger partial charge on any atom is -0.481 e. The second-order valence-electron chi connectivity index (χ2n) is 6.32. The van der Waals surface area contributed by atoms with E-state index in [9.17, 15) is 4.79 Å². The van der Waals surface area contributed by atoms with Crippen LogP contribution in [0.25, 0.3) is 11.0 Å². The van der Waals surface area contributed by atoms with Crippen molar-refractivity contribution in [1.82, 2.24) is 30.1 Å². The molecular weight excluding hydrogens is 320 g/mol. The van der Waals surface area contributed by atoms with Gasteiger partial charge in [-0.1, -0.05) is 0 Å². The number of amides is 1. The van der Waals surface area contributed by atoms with E-state index in [1.165, 1.54) is 0 Å². The maximum Gasteiger partial charge on any atom is 0.254 e. The molecule has 1 fully saturated rings. The van der Waals surface area contributed by atoms with Gasteiger partial charge < -0.3 is 9.64 Å². The number of carbonyl (C=O) groups excluding carboxylic acids is 1. The van der Waals surface area contributed by atoms with Crippen molar-refractivity contribution in [2.75, 3.05) is 13.7 Å². The first-order chi connectivity index (χ1) is 12.1. The lowest BCUT2D eigenvalue weighted by atomic mass is 10.0. The molecule has 1 atom stereocenters. The van der Waals surface area contributed by atoms with Crippen molar-refractivity contribution in [3.8, 4) is 5.88 Å². The number of benzene rings is 1. The molecule has 1 saturated heterocycles. The fraction of sp³-hybridized carbons (Fsp3) is 0.412. The van der Waals surface area contributed by atoms with E-state index in [-0.39, 0.29) is 11.9 Å². The number of H-pyrrole nitrogens is 1. The minimum atomic E-state index is -0.0239. The monoisotopic (exact) mass is 340 g/mol. The van der Waals surface area contributed by atoms with Crippen LogP contribution in [0.4, 0.5) is 0 Å². The number of carbonyl (C=O) groups is 1. The first-order valence-corrected chi connectivity index (χ1v) is 8.29. The quantitative estimate of drug-likeness (QED) is 0.787. The Kier molecular flexibility index (Phi) is 3.67. The summed E-state index contributed by atoms with van der Waals surface area (Å²) in [4.78, 5) is 15.0. The first kappa shape index (κ1) is 15.6. The molecule has 8 heteroatoms. The second kappa shape index (κ2) is 5.87. The van der Waals surface area contributed by atoms with Crippen LogP contribution in [0.15, 0.2) is 18.2 Å². The molecule has 8 nitrogen and oxygen atoms in total. The van der Waals surface area contributed by atoms with Crippen molar-refractivity contribution in [2.45, 2.75) is 25.8 Å². The van der Waals surface area contributed by atoms with E-state index >= 15 is 0 Å². The Balaban J connectivity index is 1.70. The molecule has 2 aromatic heterocycles. The predicted octanol–water partition coefficient (Wildman–Crippen LogP) is 1.99. The number of nitrogens with zero attached hydrogens (tertiary/aromatic N) is 5. The van der Waals surface area contributed by atoms with Crippen LogP contribution >= 0.6 is 0 Å². The van der Waals surface area contributed by atoms with E-state index in [0.29, 0.717) is 17.0 Å². The molecular formula is C17H20N6O2. The lowest BCUT2D eigenvalue weighted by Crippen LogP contribution is -2.31. The van der Waals surface area contributed by atoms with Crippen LogP contribution in [0.3, 0.4) is 0 Å². The molecule has 1 aliphatic heterocycles. The molecule has 0 aliphatic carbocycles. The zero-order valence-corrected chi connectivity index (χ0v) is 14.5. The zero-order chi connectivity index (χ0) is 17.6. The van der Waals surface area contributed by atoms with E-state index in [2.05, 4.69) is 20.5 Å². The van der Waals surface area contributed by atoms with E-state index in [1.54, 1.807) is 23.9 Å². The molecule has 1 aromatic carbocycles. The maximum absolute atomic E-state index is 13.1. The van der Waals surface area contributed by atoms with Crippen LogP contribution in [0.5, 0.6) is 5.88 Å². The number of hydrogen-bond acceptors (Lipinski definition) is 5. The molecule has 3 aromatic rings. The van der Waals surface area contributed by atoms with Crippen LogP contribution in [0.2, 0.25) is 0 Å². The van der Waals surface area contributed by atoms with Gasteiger partial charge in [0.05, 0.1) is 24.4 Å². The largest absolute Gasteiger partial charge is 0.481 e. The number of hydrogen-bond donors (Lipinski definition) is 1. The normalized spacial score (nSPS) is 17.4. The molecule has 1 N–H and O–H groups in total. The van der Waals surface area contributed by atoms with Crippen molar-refractivity contribution >= 4 is 16.9 Å². The number of likely N-dealkylation sites (tertiary alicyclic amines) is 1. The van der Waals surface area contributed by atoms with E-state index in [1.807, 2.05) is 24.9 Å². The summed E-state index contributed by atoms with van der Waals surface area (Å²) in [6, 6.07) is 5.37. The highest BCUT2D eigenvalue weighted by Crippen LogP contribution is 2.39. The summed E-state index contributed by atoms with van der Waals surface area (Å²) in [7, 11) is 3.49. The minimum absolute atomic E-state index is 0.00212. The smallest absolute Gasteiger partial charge is 0.254 e. The van der Waals surface area contributed by atoms with Crippen molar-refractivity contribution in [3.05, 3.63) is 35.0 Å². The number of nitrogens with one attached hydrogen (secondary N) is 1. The summed E-state index contributed by atoms with van der Waals surface area (Å²) in [6.07, 6.45) is 1.86. The molecule has 0 bridgehead atoms. The topological polar surface area (TPSA) is 88.9 Å². The molecule has 0 radical (unpaired) electrons. The van der Waals surface area contributed by atoms with Crippen LogP contribution < -0.4 is 4.74 Å². The summed E-state index contributed by atoms with van der Waals surface area (Å²) < 4.78 is 7.26. The average molecular weight is 340 g/mol. The maximum atomic E-state index is 13.1. The number of fused-ring (bicyclic) bond motifs is 1. The Morgan fingerprint density at radius 1 is 1.32 bits per heavy atom. The van der Waals surface area contributed by atoms with Gasteiger partial charge in [-0.15, -0.1) is 0 Å². The van der Waals surface area contributed by atoms with Gasteiger partial charge in [0.1, 0.15) is 11.0 Å². The van der Waals surface area contributed by atoms with Crippen LogP contribution in [-0.2, 0) is 7.05 Å². The summed E-state index contributed by atoms with van der Waals surface area (Å²) in [5.74, 6) is 0.715. The number of methoxy groups -OCH3 is 1. The molecule has 1 aliphatic rings. The van der Waals surface area contributed by atoms with Gasteiger partial charge in [0.15, 0.2) is 0 Å². The van der Waals surface area contributed by atoms with Crippen molar-refractivity contribution in [3.63, 3.8) is 0 Å². The molecule has 1 amide bonds. The van der Waals surface area contributed by atoms with Gasteiger partial charge in [0.2, 0.25) is 5.88 Å². The van der Waals surface area contributed by atoms with Crippen molar-refractivity contribution in [2.24, 2.45) is 7.05 Å². The third kappa shape index (κ3) is 2.45. The first-order valence-electron chi connectivity index (χ1n) is 8.29. The van der Waals surface area contributed by atoms with Crippen LogP contribution in [-0.4, -0.2) is 49.7 Å². The Labute approximate surface area is 144 Å². The molecule has 3 heterocycles. The Morgan fingerprint density at radius 2 is 2.12 bits per heavy atom. The molecule has 25 heavy (non-hydrogen) atoms. The second-order valence-corrected chi connectivity index (χ2v) is 6.32. The van der Waals surface area contributed by atoms with Gasteiger partial charge in [-0.2, -0.15) is 20.5 Å². The van der Waals surface area contributed by atoms with Crippen LogP contribution in [0.1, 0.15) is 40.5 Å². The van der Waals surface area contributed by atoms with Gasteiger partial charge in [0.25, 0.3) is 5.91 Å². The number of aromatic nitrogens is 5. The average Bonchev–Trinajstić information content (AvgIpc) is 3.31. The fourth-order valence-electron chi connectivity index (χ4n) is 3.73. The summed E-state index contributed by atoms with van der Waals surface area (Å²) >= 11 is 0. The van der Waals surface area contributed by atoms with Gasteiger partial charge in [-0.25, -0.2) is 4.68 Å². The summed E-state index contributed by atoms with van der Waals surface area (Å²) in [5.41, 5.74) is 3.96. The highest BCUT2D eigenvalue weighted by atomic mass is 16.5. The number of aryl methyl sites for hydroxylation is 2. The molecule has 0 saturated carbocycles. The van der Waals surface area contributed by atoms with Crippen molar-refractivity contribution < 1.29 is 9.53 Å². The van der Waals surface area contributed by atoms with E-state index in [0.717, 1.165) is 36.2 Å². The molecule has 1 unspecified atom stereocenters. The number of ether oxygens (including phenoxy) is 1. The molecule has 4 rings (SSSR count). The van der Waals surface area contributed by atoms with Gasteiger partial charge in [-0.3, -0.25) is 4.79 Å². The van der Waals surface area contributed by atoms with Gasteiger partial charge >= 0.3 is 0 Å². The highest BCUT2D eigenvalue weighted by molar-refractivity contribution is 5.97. The third-order valence-electron chi connectivity index (χ3n) is 4.82. The zero-order valence-electron chi connectivity index (χ0n) is 14.5. The molecule has 0 spiro atoms. The Hall–Kier alpha value is -2.90. The van der Waals surface area contributed by atoms with Crippen molar-refractivity contribution in [1.29, 1.82) is 0 Å². The standard InChI is InChI=1S/C17H20N6O2/c1-10-15(17(25-3)22(2)20-10)14-5-4-8-23(14)16(24)11-6-7-12-13(9-11)19-21-18-12/h6-7,9,14H,4-5,8H2,1-3H3,(H,18,19,21). The fourth-order valence-corrected chi connectivity index (χ4v) is 3.73. The summed E-state index contributed by atoms with van der Waals surface area (Å²) in [6.45, 7) is 2.68.